The van der Waals surface area contributed by atoms with Gasteiger partial charge in [-0.2, -0.15) is 39.5 Å². The zero-order chi connectivity index (χ0) is 81.2. The van der Waals surface area contributed by atoms with Crippen LogP contribution < -0.4 is 66.7 Å². The van der Waals surface area contributed by atoms with E-state index in [0.717, 1.165) is 38.5 Å². The molecule has 0 aliphatic carbocycles. The molecule has 29 nitrogen and oxygen atoms in total. The van der Waals surface area contributed by atoms with Crippen molar-refractivity contribution in [3.63, 3.8) is 0 Å². The molecule has 0 saturated carbocycles. The standard InChI is InChI=1S/C62H122N16O7.3C2HF3O2/c1-3-5-7-9-11-13-15-17-19-21-23-25-27-29-31-39-53(79)70-46-48-78(49-47-71-54(80)40-32-30-28-26-24-22-20-18-16-14-12-10-8-6-4-2)56(82)42-41-55(81)75-51(37-34-44-73-61(66)67)58(84)77-52(38-35-45-74-62(68)69)59(85)76-50(57(63)83)36-33-43-72-60(64)65;3*3-2(4,5)1(6)7/h50-52H,3-49H2,1-2H3,(H2,63,83)(H,70,79)(H,71,80)(H,75,81)(H,76,85)(H,77,84)(H4,64,65,72)(H4,66,67,73)(H4,68,69,74);3*(H,6,7)/t50-,51-,52-;;;/m0.../s1. The molecule has 22 N–H and O–H groups in total. The van der Waals surface area contributed by atoms with Crippen LogP contribution in [-0.4, -0.2) is 180 Å². The molecular formula is C68H125F9N16O13. The number of nitrogens with two attached hydrogens (primary N) is 7. The lowest BCUT2D eigenvalue weighted by Gasteiger charge is -2.25. The highest BCUT2D eigenvalue weighted by molar-refractivity contribution is 5.94. The topological polar surface area (TPSA) is 514 Å². The number of primary amides is 1. The normalized spacial score (nSPS) is 11.9. The summed E-state index contributed by atoms with van der Waals surface area (Å²) in [5, 5.41) is 35.3. The van der Waals surface area contributed by atoms with Crippen molar-refractivity contribution in [1.82, 2.24) is 31.5 Å². The van der Waals surface area contributed by atoms with Gasteiger partial charge in [-0.15, -0.1) is 0 Å². The third-order valence-corrected chi connectivity index (χ3v) is 15.8. The summed E-state index contributed by atoms with van der Waals surface area (Å²) in [6.45, 7) is 5.65. The fraction of sp³-hybridized carbons (Fsp3) is 0.809. The molecule has 0 aliphatic heterocycles. The second-order valence-corrected chi connectivity index (χ2v) is 25.4. The first-order valence-electron chi connectivity index (χ1n) is 36.9. The second-order valence-electron chi connectivity index (χ2n) is 25.4. The molecule has 618 valence electrons. The van der Waals surface area contributed by atoms with Crippen molar-refractivity contribution in [2.45, 2.75) is 307 Å². The molecule has 106 heavy (non-hydrogen) atoms. The molecular weight excluding hydrogens is 1420 g/mol. The molecule has 0 spiro atoms. The lowest BCUT2D eigenvalue weighted by atomic mass is 10.0. The number of amides is 7. The Balaban J connectivity index is -0.00000213. The van der Waals surface area contributed by atoms with Crippen LogP contribution in [0.1, 0.15) is 271 Å². The van der Waals surface area contributed by atoms with Gasteiger partial charge in [-0.25, -0.2) is 14.4 Å². The summed E-state index contributed by atoms with van der Waals surface area (Å²) in [5.41, 5.74) is 38.5. The van der Waals surface area contributed by atoms with Gasteiger partial charge < -0.3 is 86.9 Å². The fourth-order valence-corrected chi connectivity index (χ4v) is 10.0. The maximum Gasteiger partial charge on any atom is 0.490 e. The highest BCUT2D eigenvalue weighted by Gasteiger charge is 2.40. The van der Waals surface area contributed by atoms with Crippen LogP contribution >= 0.6 is 0 Å². The molecule has 0 heterocycles. The Bertz CT molecular complexity index is 2400. The van der Waals surface area contributed by atoms with Crippen LogP contribution in [0.25, 0.3) is 0 Å². The Labute approximate surface area is 617 Å². The van der Waals surface area contributed by atoms with Gasteiger partial charge in [0.2, 0.25) is 41.4 Å². The van der Waals surface area contributed by atoms with Crippen LogP contribution in [0, 0.1) is 0 Å². The largest absolute Gasteiger partial charge is 0.490 e. The number of aliphatic carboxylic acids is 3. The van der Waals surface area contributed by atoms with E-state index in [1.165, 1.54) is 159 Å². The quantitative estimate of drug-likeness (QED) is 0.0118. The van der Waals surface area contributed by atoms with Crippen molar-refractivity contribution < 1.29 is 103 Å². The van der Waals surface area contributed by atoms with Crippen LogP contribution in [0.3, 0.4) is 0 Å². The van der Waals surface area contributed by atoms with Gasteiger partial charge in [0, 0.05) is 71.5 Å². The lowest BCUT2D eigenvalue weighted by Crippen LogP contribution is -2.56. The number of carbonyl (C=O) groups excluding carboxylic acids is 7. The number of aliphatic imine (C=N–C) groups is 3. The summed E-state index contributed by atoms with van der Waals surface area (Å²) in [6.07, 6.45) is 23.0. The number of carboxylic acids is 3. The second kappa shape index (κ2) is 66.3. The van der Waals surface area contributed by atoms with E-state index in [1.54, 1.807) is 0 Å². The highest BCUT2D eigenvalue weighted by atomic mass is 19.4. The van der Waals surface area contributed by atoms with Crippen LogP contribution in [-0.2, 0) is 47.9 Å². The number of guanidine groups is 3. The zero-order valence-electron chi connectivity index (χ0n) is 62.1. The van der Waals surface area contributed by atoms with Crippen molar-refractivity contribution in [2.24, 2.45) is 55.1 Å². The van der Waals surface area contributed by atoms with E-state index in [2.05, 4.69) is 55.4 Å². The Morgan fingerprint density at radius 2 is 0.585 bits per heavy atom. The van der Waals surface area contributed by atoms with Crippen molar-refractivity contribution in [2.75, 3.05) is 45.8 Å². The molecule has 3 atom stereocenters. The Morgan fingerprint density at radius 3 is 0.840 bits per heavy atom. The molecule has 38 heteroatoms. The van der Waals surface area contributed by atoms with Crippen molar-refractivity contribution in [3.8, 4) is 0 Å². The van der Waals surface area contributed by atoms with Gasteiger partial charge in [0.05, 0.1) is 0 Å². The number of halogens is 9. The lowest BCUT2D eigenvalue weighted by molar-refractivity contribution is -0.193. The highest BCUT2D eigenvalue weighted by Crippen LogP contribution is 2.18. The predicted octanol–water partition coefficient (Wildman–Crippen LogP) is 8.35. The number of nitrogens with zero attached hydrogens (tertiary/aromatic N) is 4. The monoisotopic (exact) mass is 1540 g/mol. The van der Waals surface area contributed by atoms with Gasteiger partial charge in [0.1, 0.15) is 18.1 Å². The smallest absolute Gasteiger partial charge is 0.475 e. The Hall–Kier alpha value is -8.12. The molecule has 0 aromatic carbocycles. The number of alkyl halides is 9. The van der Waals surface area contributed by atoms with Gasteiger partial charge in [0.25, 0.3) is 0 Å². The minimum absolute atomic E-state index is 0.0345. The number of hydrogen-bond donors (Lipinski definition) is 15. The summed E-state index contributed by atoms with van der Waals surface area (Å²) in [7, 11) is 0. The maximum atomic E-state index is 14.0. The fourth-order valence-electron chi connectivity index (χ4n) is 10.0. The van der Waals surface area contributed by atoms with E-state index in [9.17, 15) is 73.1 Å². The third-order valence-electron chi connectivity index (χ3n) is 15.8. The molecule has 0 bridgehead atoms. The van der Waals surface area contributed by atoms with E-state index < -0.39 is 78.2 Å². The molecule has 0 aromatic rings. The van der Waals surface area contributed by atoms with Gasteiger partial charge in [-0.3, -0.25) is 48.5 Å². The minimum Gasteiger partial charge on any atom is -0.475 e. The van der Waals surface area contributed by atoms with E-state index in [1.807, 2.05) is 0 Å². The Kier molecular flexibility index (Phi) is 65.2. The molecule has 0 fully saturated rings. The summed E-state index contributed by atoms with van der Waals surface area (Å²) >= 11 is 0. The third kappa shape index (κ3) is 71.5. The first-order valence-corrected chi connectivity index (χ1v) is 36.9. The van der Waals surface area contributed by atoms with Gasteiger partial charge in [-0.05, 0) is 51.4 Å². The van der Waals surface area contributed by atoms with Crippen molar-refractivity contribution >= 4 is 77.1 Å². The van der Waals surface area contributed by atoms with Crippen LogP contribution in [0.4, 0.5) is 39.5 Å². The minimum atomic E-state index is -5.08. The average Bonchev–Trinajstić information content (AvgIpc) is 0.872. The van der Waals surface area contributed by atoms with Crippen LogP contribution in [0.5, 0.6) is 0 Å². The van der Waals surface area contributed by atoms with Gasteiger partial charge in [-0.1, -0.05) is 194 Å². The van der Waals surface area contributed by atoms with Crippen LogP contribution in [0.15, 0.2) is 15.0 Å². The predicted molar refractivity (Wildman–Crippen MR) is 387 cm³/mol. The average molecular weight is 1550 g/mol. The molecule has 0 aromatic heterocycles. The summed E-state index contributed by atoms with van der Waals surface area (Å²) in [4.78, 5) is 133. The first kappa shape index (κ1) is 104. The van der Waals surface area contributed by atoms with Crippen molar-refractivity contribution in [3.05, 3.63) is 0 Å². The SMILES string of the molecule is CCCCCCCCCCCCCCCCCC(=O)NCCN(CCNC(=O)CCCCCCCCCCCCCCCCC)C(=O)CCC(=O)N[C@@H](CCCN=C(N)N)C(=O)N[C@@H](CCCN=C(N)N)C(=O)N[C@@H](CCCN=C(N)N)C(N)=O.O=C(O)C(F)(F)F.O=C(O)C(F)(F)F.O=C(O)C(F)(F)F. The van der Waals surface area contributed by atoms with E-state index in [4.69, 9.17) is 69.8 Å². The number of hydrogen-bond acceptors (Lipinski definition) is 13. The van der Waals surface area contributed by atoms with E-state index in [0.29, 0.717) is 19.3 Å². The first-order chi connectivity index (χ1) is 49.8. The summed E-state index contributed by atoms with van der Waals surface area (Å²) < 4.78 is 95.2. The molecule has 0 rings (SSSR count). The molecule has 0 unspecified atom stereocenters. The maximum absolute atomic E-state index is 14.0. The molecule has 7 amide bonds. The number of nitrogens with one attached hydrogen (secondary N) is 5. The Morgan fingerprint density at radius 1 is 0.340 bits per heavy atom. The number of carboxylic acid groups (broad SMARTS) is 3. The number of unbranched alkanes of at least 4 members (excludes halogenated alkanes) is 28. The summed E-state index contributed by atoms with van der Waals surface area (Å²) in [6, 6.07) is -3.54. The zero-order valence-corrected chi connectivity index (χ0v) is 62.1. The summed E-state index contributed by atoms with van der Waals surface area (Å²) in [5.74, 6) is -12.2. The van der Waals surface area contributed by atoms with Gasteiger partial charge in [0.15, 0.2) is 17.9 Å². The van der Waals surface area contributed by atoms with E-state index in [-0.39, 0.29) is 126 Å². The van der Waals surface area contributed by atoms with Gasteiger partial charge >= 0.3 is 36.4 Å². The molecule has 0 aliphatic rings. The number of carbonyl (C=O) groups is 10. The van der Waals surface area contributed by atoms with Crippen molar-refractivity contribution in [1.29, 1.82) is 0 Å². The number of rotatable bonds is 59. The van der Waals surface area contributed by atoms with E-state index >= 15 is 0 Å². The molecule has 0 saturated heterocycles. The van der Waals surface area contributed by atoms with Crippen LogP contribution in [0.2, 0.25) is 0 Å². The molecule has 0 radical (unpaired) electrons.